The molecule has 0 aromatic rings. The minimum absolute atomic E-state index is 0.0402. The topological polar surface area (TPSA) is 58.5 Å². The average molecular weight is 338 g/mol. The first-order chi connectivity index (χ1) is 12.2. The number of fused-ring (bicyclic) bond motifs is 2. The van der Waals surface area contributed by atoms with Gasteiger partial charge in [0.1, 0.15) is 0 Å². The van der Waals surface area contributed by atoms with Gasteiger partial charge in [0, 0.05) is 23.6 Å². The summed E-state index contributed by atoms with van der Waals surface area (Å²) in [6.07, 6.45) is 16.7. The lowest BCUT2D eigenvalue weighted by Gasteiger charge is -2.33. The van der Waals surface area contributed by atoms with Gasteiger partial charge in [0.2, 0.25) is 5.91 Å². The predicted molar refractivity (Wildman–Crippen MR) is 98.0 cm³/mol. The van der Waals surface area contributed by atoms with Crippen molar-refractivity contribution >= 4 is 17.5 Å². The smallest absolute Gasteiger partial charge is 0.251 e. The van der Waals surface area contributed by atoms with Crippen molar-refractivity contribution in [2.24, 2.45) is 16.8 Å². The highest BCUT2D eigenvalue weighted by Crippen LogP contribution is 2.38. The van der Waals surface area contributed by atoms with E-state index in [-0.39, 0.29) is 17.7 Å². The molecule has 1 fully saturated rings. The molecule has 1 heterocycles. The largest absolute Gasteiger partial charge is 0.325 e. The third kappa shape index (κ3) is 3.53. The summed E-state index contributed by atoms with van der Waals surface area (Å²) in [6.45, 7) is 0. The maximum absolute atomic E-state index is 12.3. The number of hydrogen-bond acceptors (Lipinski definition) is 2. The SMILES string of the molecule is O=C(CCC1CCCC1)N=C1C=CC2C(=C1)NC(=O)C1=C2CCCC1. The van der Waals surface area contributed by atoms with E-state index >= 15 is 0 Å². The van der Waals surface area contributed by atoms with Gasteiger partial charge in [-0.3, -0.25) is 9.59 Å². The Morgan fingerprint density at radius 1 is 1.16 bits per heavy atom. The lowest BCUT2D eigenvalue weighted by molar-refractivity contribution is -0.118. The maximum atomic E-state index is 12.3. The summed E-state index contributed by atoms with van der Waals surface area (Å²) >= 11 is 0. The number of nitrogens with zero attached hydrogens (tertiary/aromatic N) is 1. The van der Waals surface area contributed by atoms with Gasteiger partial charge < -0.3 is 5.32 Å². The first-order valence-corrected chi connectivity index (χ1v) is 9.75. The number of aliphatic imine (C=N–C) groups is 1. The molecule has 0 aromatic heterocycles. The van der Waals surface area contributed by atoms with Gasteiger partial charge in [-0.15, -0.1) is 0 Å². The molecule has 0 saturated heterocycles. The van der Waals surface area contributed by atoms with E-state index in [1.54, 1.807) is 0 Å². The fourth-order valence-electron chi connectivity index (χ4n) is 4.65. The van der Waals surface area contributed by atoms with Crippen LogP contribution in [0, 0.1) is 11.8 Å². The molecule has 0 aromatic carbocycles. The molecule has 0 radical (unpaired) electrons. The molecule has 1 unspecified atom stereocenters. The Kier molecular flexibility index (Phi) is 4.69. The predicted octanol–water partition coefficient (Wildman–Crippen LogP) is 3.99. The summed E-state index contributed by atoms with van der Waals surface area (Å²) < 4.78 is 0. The van der Waals surface area contributed by atoms with E-state index in [4.69, 9.17) is 0 Å². The zero-order valence-electron chi connectivity index (χ0n) is 14.7. The van der Waals surface area contributed by atoms with Crippen molar-refractivity contribution in [2.45, 2.75) is 64.2 Å². The molecule has 132 valence electrons. The standard InChI is InChI=1S/C21H26N2O2/c24-20(12-9-14-5-1-2-6-14)22-15-10-11-17-16-7-3-4-8-18(16)21(25)23-19(17)13-15/h10-11,13-14,17H,1-9,12H2,(H,23,25). The Morgan fingerprint density at radius 2 is 1.96 bits per heavy atom. The third-order valence-corrected chi connectivity index (χ3v) is 6.01. The molecule has 1 atom stereocenters. The number of hydrogen-bond donors (Lipinski definition) is 1. The average Bonchev–Trinajstić information content (AvgIpc) is 3.14. The number of allylic oxidation sites excluding steroid dienone is 3. The van der Waals surface area contributed by atoms with Gasteiger partial charge in [0.05, 0.1) is 5.71 Å². The summed E-state index contributed by atoms with van der Waals surface area (Å²) in [5.74, 6) is 0.879. The van der Waals surface area contributed by atoms with Gasteiger partial charge >= 0.3 is 0 Å². The normalized spacial score (nSPS) is 27.8. The second-order valence-corrected chi connectivity index (χ2v) is 7.72. The zero-order chi connectivity index (χ0) is 17.2. The second-order valence-electron chi connectivity index (χ2n) is 7.72. The van der Waals surface area contributed by atoms with Crippen LogP contribution in [0.1, 0.15) is 64.2 Å². The number of carbonyl (C=O) groups is 2. The van der Waals surface area contributed by atoms with Crippen molar-refractivity contribution in [1.82, 2.24) is 5.32 Å². The summed E-state index contributed by atoms with van der Waals surface area (Å²) in [6, 6.07) is 0. The lowest BCUT2D eigenvalue weighted by atomic mass is 9.77. The van der Waals surface area contributed by atoms with Crippen molar-refractivity contribution < 1.29 is 9.59 Å². The molecule has 1 N–H and O–H groups in total. The maximum Gasteiger partial charge on any atom is 0.251 e. The van der Waals surface area contributed by atoms with Crippen LogP contribution in [0.4, 0.5) is 0 Å². The van der Waals surface area contributed by atoms with Crippen LogP contribution in [0.3, 0.4) is 0 Å². The molecule has 1 saturated carbocycles. The van der Waals surface area contributed by atoms with E-state index < -0.39 is 0 Å². The molecule has 3 aliphatic carbocycles. The van der Waals surface area contributed by atoms with Crippen LogP contribution in [0.15, 0.2) is 40.1 Å². The van der Waals surface area contributed by atoms with E-state index in [9.17, 15) is 9.59 Å². The van der Waals surface area contributed by atoms with E-state index in [2.05, 4.69) is 16.4 Å². The van der Waals surface area contributed by atoms with E-state index in [0.29, 0.717) is 18.1 Å². The van der Waals surface area contributed by atoms with Crippen LogP contribution in [0.5, 0.6) is 0 Å². The van der Waals surface area contributed by atoms with E-state index in [0.717, 1.165) is 43.4 Å². The third-order valence-electron chi connectivity index (χ3n) is 6.01. The van der Waals surface area contributed by atoms with E-state index in [1.807, 2.05) is 12.2 Å². The van der Waals surface area contributed by atoms with Crippen molar-refractivity contribution in [3.63, 3.8) is 0 Å². The molecule has 4 rings (SSSR count). The number of carbonyl (C=O) groups excluding carboxylic acids is 2. The number of amides is 2. The molecule has 0 spiro atoms. The molecule has 4 heteroatoms. The minimum atomic E-state index is -0.0402. The number of rotatable bonds is 3. The summed E-state index contributed by atoms with van der Waals surface area (Å²) in [4.78, 5) is 28.8. The Balaban J connectivity index is 1.45. The van der Waals surface area contributed by atoms with Crippen molar-refractivity contribution in [1.29, 1.82) is 0 Å². The first-order valence-electron chi connectivity index (χ1n) is 9.75. The Hall–Kier alpha value is -1.97. The lowest BCUT2D eigenvalue weighted by Crippen LogP contribution is -2.37. The fourth-order valence-corrected chi connectivity index (χ4v) is 4.65. The van der Waals surface area contributed by atoms with Gasteiger partial charge in [-0.1, -0.05) is 31.8 Å². The van der Waals surface area contributed by atoms with Crippen molar-refractivity contribution in [3.8, 4) is 0 Å². The molecule has 4 aliphatic rings. The van der Waals surface area contributed by atoms with Crippen molar-refractivity contribution in [2.75, 3.05) is 0 Å². The quantitative estimate of drug-likeness (QED) is 0.846. The minimum Gasteiger partial charge on any atom is -0.325 e. The van der Waals surface area contributed by atoms with Crippen LogP contribution in [-0.4, -0.2) is 17.5 Å². The van der Waals surface area contributed by atoms with Gasteiger partial charge in [-0.2, -0.15) is 0 Å². The van der Waals surface area contributed by atoms with Gasteiger partial charge in [0.15, 0.2) is 0 Å². The van der Waals surface area contributed by atoms with Crippen LogP contribution >= 0.6 is 0 Å². The van der Waals surface area contributed by atoms with Crippen LogP contribution in [0.25, 0.3) is 0 Å². The van der Waals surface area contributed by atoms with E-state index in [1.165, 1.54) is 31.3 Å². The highest BCUT2D eigenvalue weighted by molar-refractivity contribution is 6.11. The van der Waals surface area contributed by atoms with Crippen LogP contribution in [-0.2, 0) is 9.59 Å². The molecule has 1 aliphatic heterocycles. The molecule has 25 heavy (non-hydrogen) atoms. The molecule has 2 amide bonds. The van der Waals surface area contributed by atoms with Crippen molar-refractivity contribution in [3.05, 3.63) is 35.1 Å². The number of nitrogens with one attached hydrogen (secondary N) is 1. The van der Waals surface area contributed by atoms with Gasteiger partial charge in [-0.25, -0.2) is 4.99 Å². The van der Waals surface area contributed by atoms with Gasteiger partial charge in [0.25, 0.3) is 5.91 Å². The Morgan fingerprint density at radius 3 is 2.80 bits per heavy atom. The zero-order valence-corrected chi connectivity index (χ0v) is 14.7. The van der Waals surface area contributed by atoms with Gasteiger partial charge in [-0.05, 0) is 55.7 Å². The monoisotopic (exact) mass is 338 g/mol. The highest BCUT2D eigenvalue weighted by Gasteiger charge is 2.33. The summed E-state index contributed by atoms with van der Waals surface area (Å²) in [5, 5.41) is 3.02. The molecule has 4 nitrogen and oxygen atoms in total. The Labute approximate surface area is 149 Å². The second kappa shape index (κ2) is 7.11. The fraction of sp³-hybridized carbons (Fsp3) is 0.571. The highest BCUT2D eigenvalue weighted by atomic mass is 16.2. The summed E-state index contributed by atoms with van der Waals surface area (Å²) in [5.41, 5.74) is 3.80. The summed E-state index contributed by atoms with van der Waals surface area (Å²) in [7, 11) is 0. The molecular formula is C21H26N2O2. The first kappa shape index (κ1) is 16.5. The molecule has 0 bridgehead atoms. The molecular weight excluding hydrogens is 312 g/mol. The van der Waals surface area contributed by atoms with Crippen LogP contribution in [0.2, 0.25) is 0 Å². The van der Waals surface area contributed by atoms with Crippen LogP contribution < -0.4 is 5.32 Å². The Bertz CT molecular complexity index is 705.